The molecule has 0 aromatic heterocycles. The van der Waals surface area contributed by atoms with E-state index in [-0.39, 0.29) is 17.8 Å². The second-order valence-corrected chi connectivity index (χ2v) is 5.44. The van der Waals surface area contributed by atoms with Gasteiger partial charge >= 0.3 is 11.9 Å². The number of carbonyl (C=O) groups excluding carboxylic acids is 3. The zero-order valence-electron chi connectivity index (χ0n) is 13.4. The summed E-state index contributed by atoms with van der Waals surface area (Å²) in [5.41, 5.74) is 0.471. The normalized spacial score (nSPS) is 15.1. The molecule has 1 aliphatic rings. The molecule has 1 fully saturated rings. The van der Waals surface area contributed by atoms with Crippen LogP contribution in [-0.4, -0.2) is 42.4 Å². The molecule has 1 heterocycles. The molecule has 124 valence electrons. The minimum Gasteiger partial charge on any atom is -0.466 e. The first kappa shape index (κ1) is 17.0. The average molecular weight is 319 g/mol. The predicted octanol–water partition coefficient (Wildman–Crippen LogP) is 2.03. The Hall–Kier alpha value is -2.37. The number of likely N-dealkylation sites (tertiary alicyclic amines) is 1. The average Bonchev–Trinajstić information content (AvgIpc) is 2.54. The molecule has 0 bridgehead atoms. The van der Waals surface area contributed by atoms with Crippen LogP contribution in [0, 0.1) is 5.92 Å². The van der Waals surface area contributed by atoms with Gasteiger partial charge in [0.05, 0.1) is 12.5 Å². The summed E-state index contributed by atoms with van der Waals surface area (Å²) in [5, 5.41) is 0. The van der Waals surface area contributed by atoms with Gasteiger partial charge in [-0.25, -0.2) is 0 Å². The lowest BCUT2D eigenvalue weighted by Crippen LogP contribution is -2.40. The van der Waals surface area contributed by atoms with Crippen LogP contribution in [0.1, 0.15) is 37.0 Å². The van der Waals surface area contributed by atoms with Crippen molar-refractivity contribution in [3.8, 4) is 5.75 Å². The molecule has 0 atom stereocenters. The van der Waals surface area contributed by atoms with E-state index in [1.807, 2.05) is 0 Å². The molecule has 1 aromatic rings. The van der Waals surface area contributed by atoms with Crippen molar-refractivity contribution in [2.45, 2.75) is 26.7 Å². The van der Waals surface area contributed by atoms with E-state index >= 15 is 0 Å². The number of piperidine rings is 1. The second-order valence-electron chi connectivity index (χ2n) is 5.44. The molecule has 6 heteroatoms. The van der Waals surface area contributed by atoms with Crippen LogP contribution in [0.5, 0.6) is 5.75 Å². The molecule has 1 aromatic carbocycles. The molecule has 23 heavy (non-hydrogen) atoms. The number of hydrogen-bond donors (Lipinski definition) is 0. The third-order valence-electron chi connectivity index (χ3n) is 3.74. The first-order valence-electron chi connectivity index (χ1n) is 7.75. The van der Waals surface area contributed by atoms with Gasteiger partial charge < -0.3 is 14.4 Å². The number of rotatable bonds is 4. The number of amides is 1. The maximum Gasteiger partial charge on any atom is 0.309 e. The van der Waals surface area contributed by atoms with Crippen molar-refractivity contribution in [3.63, 3.8) is 0 Å². The Morgan fingerprint density at radius 2 is 1.91 bits per heavy atom. The number of carbonyl (C=O) groups is 3. The Kier molecular flexibility index (Phi) is 5.73. The summed E-state index contributed by atoms with van der Waals surface area (Å²) in [6, 6.07) is 6.55. The first-order valence-corrected chi connectivity index (χ1v) is 7.75. The van der Waals surface area contributed by atoms with E-state index in [2.05, 4.69) is 0 Å². The molecule has 0 saturated carbocycles. The molecule has 0 N–H and O–H groups in total. The fourth-order valence-electron chi connectivity index (χ4n) is 2.62. The molecule has 0 spiro atoms. The lowest BCUT2D eigenvalue weighted by atomic mass is 9.96. The summed E-state index contributed by atoms with van der Waals surface area (Å²) >= 11 is 0. The molecular weight excluding hydrogens is 298 g/mol. The highest BCUT2D eigenvalue weighted by molar-refractivity contribution is 5.95. The highest BCUT2D eigenvalue weighted by Gasteiger charge is 2.28. The fourth-order valence-corrected chi connectivity index (χ4v) is 2.62. The van der Waals surface area contributed by atoms with E-state index in [1.54, 1.807) is 36.1 Å². The van der Waals surface area contributed by atoms with Gasteiger partial charge in [-0.05, 0) is 38.0 Å². The molecular formula is C17H21NO5. The van der Waals surface area contributed by atoms with Gasteiger partial charge in [-0.1, -0.05) is 6.07 Å². The van der Waals surface area contributed by atoms with Crippen LogP contribution >= 0.6 is 0 Å². The largest absolute Gasteiger partial charge is 0.466 e. The molecule has 1 saturated heterocycles. The smallest absolute Gasteiger partial charge is 0.309 e. The van der Waals surface area contributed by atoms with Crippen LogP contribution in [0.25, 0.3) is 0 Å². The third kappa shape index (κ3) is 4.55. The Morgan fingerprint density at radius 1 is 1.22 bits per heavy atom. The van der Waals surface area contributed by atoms with E-state index in [0.717, 1.165) is 0 Å². The lowest BCUT2D eigenvalue weighted by molar-refractivity contribution is -0.149. The number of ether oxygens (including phenoxy) is 2. The van der Waals surface area contributed by atoms with Gasteiger partial charge in [-0.3, -0.25) is 14.4 Å². The van der Waals surface area contributed by atoms with Crippen LogP contribution in [0.3, 0.4) is 0 Å². The van der Waals surface area contributed by atoms with Gasteiger partial charge in [0.2, 0.25) is 0 Å². The van der Waals surface area contributed by atoms with Crippen molar-refractivity contribution < 1.29 is 23.9 Å². The van der Waals surface area contributed by atoms with E-state index < -0.39 is 5.97 Å². The van der Waals surface area contributed by atoms with Gasteiger partial charge in [-0.15, -0.1) is 0 Å². The topological polar surface area (TPSA) is 72.9 Å². The third-order valence-corrected chi connectivity index (χ3v) is 3.74. The summed E-state index contributed by atoms with van der Waals surface area (Å²) in [6.45, 7) is 4.50. The Bertz CT molecular complexity index is 590. The minimum atomic E-state index is -0.426. The molecule has 1 aliphatic heterocycles. The molecule has 6 nitrogen and oxygen atoms in total. The van der Waals surface area contributed by atoms with E-state index in [4.69, 9.17) is 9.47 Å². The maximum absolute atomic E-state index is 12.5. The van der Waals surface area contributed by atoms with Crippen molar-refractivity contribution in [1.82, 2.24) is 4.90 Å². The summed E-state index contributed by atoms with van der Waals surface area (Å²) in [7, 11) is 0. The van der Waals surface area contributed by atoms with Gasteiger partial charge in [-0.2, -0.15) is 0 Å². The highest BCUT2D eigenvalue weighted by atomic mass is 16.5. The summed E-state index contributed by atoms with van der Waals surface area (Å²) in [4.78, 5) is 36.9. The van der Waals surface area contributed by atoms with Crippen LogP contribution in [0.2, 0.25) is 0 Å². The zero-order valence-corrected chi connectivity index (χ0v) is 13.4. The number of nitrogens with zero attached hydrogens (tertiary/aromatic N) is 1. The number of hydrogen-bond acceptors (Lipinski definition) is 5. The minimum absolute atomic E-state index is 0.124. The standard InChI is InChI=1S/C17H21NO5/c1-3-22-17(21)13-7-9-18(10-8-13)16(20)14-5-4-6-15(11-14)23-12(2)19/h4-6,11,13H,3,7-10H2,1-2H3. The van der Waals surface area contributed by atoms with Crippen LogP contribution in [0.15, 0.2) is 24.3 Å². The summed E-state index contributed by atoms with van der Waals surface area (Å²) in [6.07, 6.45) is 1.21. The van der Waals surface area contributed by atoms with Crippen LogP contribution < -0.4 is 4.74 Å². The van der Waals surface area contributed by atoms with Gasteiger partial charge in [0, 0.05) is 25.6 Å². The zero-order chi connectivity index (χ0) is 16.8. The summed E-state index contributed by atoms with van der Waals surface area (Å²) < 4.78 is 10.0. The van der Waals surface area contributed by atoms with E-state index in [9.17, 15) is 14.4 Å². The van der Waals surface area contributed by atoms with Crippen LogP contribution in [-0.2, 0) is 14.3 Å². The van der Waals surface area contributed by atoms with Crippen molar-refractivity contribution in [3.05, 3.63) is 29.8 Å². The summed E-state index contributed by atoms with van der Waals surface area (Å²) in [5.74, 6) is -0.515. The van der Waals surface area contributed by atoms with Crippen molar-refractivity contribution >= 4 is 17.8 Å². The SMILES string of the molecule is CCOC(=O)C1CCN(C(=O)c2cccc(OC(C)=O)c2)CC1. The maximum atomic E-state index is 12.5. The van der Waals surface area contributed by atoms with Crippen molar-refractivity contribution in [2.75, 3.05) is 19.7 Å². The van der Waals surface area contributed by atoms with Gasteiger partial charge in [0.25, 0.3) is 5.91 Å². The number of esters is 2. The quantitative estimate of drug-likeness (QED) is 0.627. The number of benzene rings is 1. The second kappa shape index (κ2) is 7.76. The fraction of sp³-hybridized carbons (Fsp3) is 0.471. The van der Waals surface area contributed by atoms with E-state index in [0.29, 0.717) is 43.9 Å². The first-order chi connectivity index (χ1) is 11.0. The Balaban J connectivity index is 1.97. The molecule has 1 amide bonds. The Labute approximate surface area is 135 Å². The van der Waals surface area contributed by atoms with Crippen LogP contribution in [0.4, 0.5) is 0 Å². The molecule has 2 rings (SSSR count). The van der Waals surface area contributed by atoms with Gasteiger partial charge in [0.1, 0.15) is 5.75 Å². The highest BCUT2D eigenvalue weighted by Crippen LogP contribution is 2.22. The lowest BCUT2D eigenvalue weighted by Gasteiger charge is -2.31. The molecule has 0 aliphatic carbocycles. The van der Waals surface area contributed by atoms with E-state index in [1.165, 1.54) is 6.92 Å². The predicted molar refractivity (Wildman–Crippen MR) is 83.0 cm³/mol. The monoisotopic (exact) mass is 319 g/mol. The van der Waals surface area contributed by atoms with Gasteiger partial charge in [0.15, 0.2) is 0 Å². The van der Waals surface area contributed by atoms with Crippen molar-refractivity contribution in [2.24, 2.45) is 5.92 Å². The van der Waals surface area contributed by atoms with Crippen molar-refractivity contribution in [1.29, 1.82) is 0 Å². The molecule has 0 unspecified atom stereocenters. The molecule has 0 radical (unpaired) electrons. The Morgan fingerprint density at radius 3 is 2.52 bits per heavy atom.